The van der Waals surface area contributed by atoms with Crippen LogP contribution in [0.5, 0.6) is 0 Å². The standard InChI is InChI=1S/C5H12INO/c6-5(8)3-1-2-4-7/h5,8H,1-4,7H2. The summed E-state index contributed by atoms with van der Waals surface area (Å²) >= 11 is 2.00. The first-order valence-corrected chi connectivity index (χ1v) is 4.04. The number of aliphatic hydroxyl groups is 1. The number of nitrogens with two attached hydrogens (primary N) is 1. The lowest BCUT2D eigenvalue weighted by Crippen LogP contribution is -2.00. The molecule has 2 nitrogen and oxygen atoms in total. The average Bonchev–Trinajstić information content (AvgIpc) is 1.66. The molecule has 0 aliphatic heterocycles. The summed E-state index contributed by atoms with van der Waals surface area (Å²) in [7, 11) is 0. The van der Waals surface area contributed by atoms with E-state index in [0.29, 0.717) is 0 Å². The van der Waals surface area contributed by atoms with Crippen molar-refractivity contribution in [3.8, 4) is 0 Å². The van der Waals surface area contributed by atoms with Crippen LogP contribution in [0.4, 0.5) is 0 Å². The largest absolute Gasteiger partial charge is 0.383 e. The lowest BCUT2D eigenvalue weighted by molar-refractivity contribution is 0.264. The first kappa shape index (κ1) is 8.65. The maximum atomic E-state index is 8.72. The molecule has 1 unspecified atom stereocenters. The van der Waals surface area contributed by atoms with Crippen LogP contribution < -0.4 is 5.73 Å². The third kappa shape index (κ3) is 6.65. The number of hydrogen-bond donors (Lipinski definition) is 2. The Kier molecular flexibility index (Phi) is 6.25. The van der Waals surface area contributed by atoms with E-state index in [2.05, 4.69) is 0 Å². The molecule has 0 aromatic heterocycles. The van der Waals surface area contributed by atoms with Gasteiger partial charge in [-0.15, -0.1) is 0 Å². The number of unbranched alkanes of at least 4 members (excludes halogenated alkanes) is 1. The average molecular weight is 229 g/mol. The van der Waals surface area contributed by atoms with Gasteiger partial charge in [-0.25, -0.2) is 0 Å². The number of hydrogen-bond acceptors (Lipinski definition) is 2. The summed E-state index contributed by atoms with van der Waals surface area (Å²) < 4.78 is -0.181. The van der Waals surface area contributed by atoms with Gasteiger partial charge in [0.2, 0.25) is 0 Å². The van der Waals surface area contributed by atoms with Crippen LogP contribution >= 0.6 is 22.6 Å². The Hall–Kier alpha value is 0.650. The summed E-state index contributed by atoms with van der Waals surface area (Å²) in [5, 5.41) is 8.72. The fourth-order valence-electron chi connectivity index (χ4n) is 0.457. The van der Waals surface area contributed by atoms with Crippen molar-refractivity contribution >= 4 is 22.6 Å². The summed E-state index contributed by atoms with van der Waals surface area (Å²) in [6.45, 7) is 0.739. The van der Waals surface area contributed by atoms with Gasteiger partial charge in [-0.1, -0.05) is 22.6 Å². The van der Waals surface area contributed by atoms with Crippen molar-refractivity contribution in [2.75, 3.05) is 6.54 Å². The molecule has 0 radical (unpaired) electrons. The van der Waals surface area contributed by atoms with Crippen LogP contribution in [0.15, 0.2) is 0 Å². The fourth-order valence-corrected chi connectivity index (χ4v) is 0.898. The first-order valence-electron chi connectivity index (χ1n) is 2.79. The van der Waals surface area contributed by atoms with Crippen LogP contribution in [0.3, 0.4) is 0 Å². The van der Waals surface area contributed by atoms with E-state index in [-0.39, 0.29) is 4.11 Å². The van der Waals surface area contributed by atoms with E-state index >= 15 is 0 Å². The zero-order valence-corrected chi connectivity index (χ0v) is 6.97. The smallest absolute Gasteiger partial charge is 0.105 e. The summed E-state index contributed by atoms with van der Waals surface area (Å²) in [5.74, 6) is 0. The van der Waals surface area contributed by atoms with Crippen LogP contribution in [-0.2, 0) is 0 Å². The van der Waals surface area contributed by atoms with Crippen LogP contribution in [0.25, 0.3) is 0 Å². The molecular weight excluding hydrogens is 217 g/mol. The van der Waals surface area contributed by atoms with Gasteiger partial charge in [0, 0.05) is 0 Å². The van der Waals surface area contributed by atoms with Gasteiger partial charge in [0.15, 0.2) is 0 Å². The second kappa shape index (κ2) is 5.78. The van der Waals surface area contributed by atoms with Gasteiger partial charge < -0.3 is 10.8 Å². The third-order valence-electron chi connectivity index (χ3n) is 0.896. The predicted octanol–water partition coefficient (Wildman–Crippen LogP) is 0.869. The monoisotopic (exact) mass is 229 g/mol. The van der Waals surface area contributed by atoms with E-state index in [1.54, 1.807) is 0 Å². The topological polar surface area (TPSA) is 46.2 Å². The Morgan fingerprint density at radius 2 is 2.12 bits per heavy atom. The minimum absolute atomic E-state index is 0.181. The molecule has 3 N–H and O–H groups in total. The normalized spacial score (nSPS) is 13.9. The maximum Gasteiger partial charge on any atom is 0.105 e. The van der Waals surface area contributed by atoms with Crippen LogP contribution in [0.2, 0.25) is 0 Å². The molecule has 0 bridgehead atoms. The molecule has 0 rings (SSSR count). The molecule has 0 aliphatic rings. The van der Waals surface area contributed by atoms with Gasteiger partial charge in [-0.2, -0.15) is 0 Å². The minimum Gasteiger partial charge on any atom is -0.383 e. The second-order valence-electron chi connectivity index (χ2n) is 1.72. The summed E-state index contributed by atoms with van der Waals surface area (Å²) in [5.41, 5.74) is 5.23. The SMILES string of the molecule is NCCCCC(O)I. The van der Waals surface area contributed by atoms with E-state index in [0.717, 1.165) is 25.8 Å². The number of halogens is 1. The molecule has 0 saturated heterocycles. The zero-order valence-electron chi connectivity index (χ0n) is 4.81. The maximum absolute atomic E-state index is 8.72. The summed E-state index contributed by atoms with van der Waals surface area (Å²) in [6, 6.07) is 0. The van der Waals surface area contributed by atoms with Gasteiger partial charge >= 0.3 is 0 Å². The van der Waals surface area contributed by atoms with Crippen molar-refractivity contribution in [1.29, 1.82) is 0 Å². The molecule has 0 heterocycles. The molecule has 3 heteroatoms. The molecule has 50 valence electrons. The molecule has 0 aliphatic carbocycles. The van der Waals surface area contributed by atoms with Crippen molar-refractivity contribution in [3.63, 3.8) is 0 Å². The zero-order chi connectivity index (χ0) is 6.41. The molecule has 0 aromatic carbocycles. The summed E-state index contributed by atoms with van der Waals surface area (Å²) in [6.07, 6.45) is 2.94. The Labute approximate surface area is 63.6 Å². The van der Waals surface area contributed by atoms with E-state index in [4.69, 9.17) is 10.8 Å². The van der Waals surface area contributed by atoms with Gasteiger partial charge in [0.25, 0.3) is 0 Å². The number of alkyl halides is 1. The minimum atomic E-state index is -0.181. The van der Waals surface area contributed by atoms with E-state index in [9.17, 15) is 0 Å². The van der Waals surface area contributed by atoms with E-state index in [1.807, 2.05) is 22.6 Å². The van der Waals surface area contributed by atoms with E-state index in [1.165, 1.54) is 0 Å². The van der Waals surface area contributed by atoms with Gasteiger partial charge in [0.1, 0.15) is 4.11 Å². The number of aliphatic hydroxyl groups excluding tert-OH is 1. The lowest BCUT2D eigenvalue weighted by atomic mass is 10.2. The van der Waals surface area contributed by atoms with Gasteiger partial charge in [-0.3, -0.25) is 0 Å². The van der Waals surface area contributed by atoms with Crippen LogP contribution in [0, 0.1) is 0 Å². The van der Waals surface area contributed by atoms with Crippen molar-refractivity contribution < 1.29 is 5.11 Å². The molecule has 0 saturated carbocycles. The van der Waals surface area contributed by atoms with Crippen molar-refractivity contribution in [2.24, 2.45) is 5.73 Å². The molecule has 0 spiro atoms. The molecule has 0 fully saturated rings. The van der Waals surface area contributed by atoms with E-state index < -0.39 is 0 Å². The Morgan fingerprint density at radius 3 is 2.50 bits per heavy atom. The Balaban J connectivity index is 2.72. The molecule has 0 aromatic rings. The first-order chi connectivity index (χ1) is 3.77. The quantitative estimate of drug-likeness (QED) is 0.427. The van der Waals surface area contributed by atoms with Gasteiger partial charge in [0.05, 0.1) is 0 Å². The van der Waals surface area contributed by atoms with Crippen molar-refractivity contribution in [2.45, 2.75) is 23.4 Å². The highest BCUT2D eigenvalue weighted by Gasteiger charge is 1.93. The molecular formula is C5H12INO. The predicted molar refractivity (Wildman–Crippen MR) is 42.9 cm³/mol. The van der Waals surface area contributed by atoms with Crippen molar-refractivity contribution in [1.82, 2.24) is 0 Å². The highest BCUT2D eigenvalue weighted by Crippen LogP contribution is 2.05. The second-order valence-corrected chi connectivity index (χ2v) is 3.16. The summed E-state index contributed by atoms with van der Waals surface area (Å²) in [4.78, 5) is 0. The third-order valence-corrected chi connectivity index (χ3v) is 1.52. The Bertz CT molecular complexity index is 49.7. The Morgan fingerprint density at radius 1 is 1.50 bits per heavy atom. The highest BCUT2D eigenvalue weighted by atomic mass is 127. The van der Waals surface area contributed by atoms with Gasteiger partial charge in [-0.05, 0) is 25.8 Å². The molecule has 8 heavy (non-hydrogen) atoms. The lowest BCUT2D eigenvalue weighted by Gasteiger charge is -1.98. The molecule has 1 atom stereocenters. The van der Waals surface area contributed by atoms with Crippen LogP contribution in [-0.4, -0.2) is 15.8 Å². The number of rotatable bonds is 4. The highest BCUT2D eigenvalue weighted by molar-refractivity contribution is 14.1. The fraction of sp³-hybridized carbons (Fsp3) is 1.00. The van der Waals surface area contributed by atoms with Crippen LogP contribution in [0.1, 0.15) is 19.3 Å². The molecule has 0 amide bonds. The van der Waals surface area contributed by atoms with Crippen molar-refractivity contribution in [3.05, 3.63) is 0 Å².